The van der Waals surface area contributed by atoms with Crippen molar-refractivity contribution in [1.29, 1.82) is 0 Å². The van der Waals surface area contributed by atoms with Crippen LogP contribution in [-0.4, -0.2) is 45.9 Å². The van der Waals surface area contributed by atoms with Gasteiger partial charge in [-0.2, -0.15) is 4.68 Å². The molecule has 0 spiro atoms. The van der Waals surface area contributed by atoms with Crippen molar-refractivity contribution in [2.45, 2.75) is 19.9 Å². The Kier molecular flexibility index (Phi) is 5.93. The summed E-state index contributed by atoms with van der Waals surface area (Å²) < 4.78 is 7.95. The van der Waals surface area contributed by atoms with Gasteiger partial charge in [0.1, 0.15) is 18.1 Å². The van der Waals surface area contributed by atoms with Crippen molar-refractivity contribution in [2.75, 3.05) is 20.7 Å². The number of carbonyl (C=O) groups excluding carboxylic acids is 1. The summed E-state index contributed by atoms with van der Waals surface area (Å²) in [7, 11) is 3.31. The number of ether oxygens (including phenoxy) is 1. The Morgan fingerprint density at radius 1 is 1.11 bits per heavy atom. The van der Waals surface area contributed by atoms with E-state index in [-0.39, 0.29) is 18.1 Å². The minimum Gasteiger partial charge on any atom is -0.497 e. The molecule has 1 aromatic heterocycles. The number of methoxy groups -OCH3 is 1. The van der Waals surface area contributed by atoms with Crippen LogP contribution in [0.15, 0.2) is 59.4 Å². The summed E-state index contributed by atoms with van der Waals surface area (Å²) >= 11 is 0. The predicted octanol–water partition coefficient (Wildman–Crippen LogP) is 2.11. The molecular formula is C21H24N4O3. The number of likely N-dealkylation sites (N-methyl/N-ethyl adjacent to an activating group) is 1. The number of benzene rings is 2. The number of aromatic nitrogens is 3. The summed E-state index contributed by atoms with van der Waals surface area (Å²) in [6.45, 7) is 2.43. The summed E-state index contributed by atoms with van der Waals surface area (Å²) in [5, 5.41) is 4.52. The van der Waals surface area contributed by atoms with E-state index in [0.29, 0.717) is 30.2 Å². The van der Waals surface area contributed by atoms with Gasteiger partial charge in [-0.1, -0.05) is 30.3 Å². The molecule has 0 aliphatic heterocycles. The Hall–Kier alpha value is -3.35. The molecule has 28 heavy (non-hydrogen) atoms. The topological polar surface area (TPSA) is 69.4 Å². The molecular weight excluding hydrogens is 356 g/mol. The quantitative estimate of drug-likeness (QED) is 0.630. The van der Waals surface area contributed by atoms with Gasteiger partial charge in [-0.3, -0.25) is 9.36 Å². The lowest BCUT2D eigenvalue weighted by Gasteiger charge is -2.15. The van der Waals surface area contributed by atoms with Crippen LogP contribution in [0.3, 0.4) is 0 Å². The van der Waals surface area contributed by atoms with Crippen LogP contribution in [0.2, 0.25) is 0 Å². The van der Waals surface area contributed by atoms with E-state index in [1.165, 1.54) is 9.25 Å². The lowest BCUT2D eigenvalue weighted by atomic mass is 10.1. The smallest absolute Gasteiger partial charge is 0.351 e. The summed E-state index contributed by atoms with van der Waals surface area (Å²) in [5.74, 6) is 1.11. The molecule has 0 aliphatic rings. The molecule has 0 N–H and O–H groups in total. The van der Waals surface area contributed by atoms with Crippen molar-refractivity contribution < 1.29 is 9.53 Å². The number of rotatable bonds is 7. The molecule has 7 heteroatoms. The fourth-order valence-corrected chi connectivity index (χ4v) is 2.83. The van der Waals surface area contributed by atoms with Gasteiger partial charge in [0.25, 0.3) is 0 Å². The molecule has 0 bridgehead atoms. The van der Waals surface area contributed by atoms with E-state index in [1.807, 2.05) is 37.3 Å². The second kappa shape index (κ2) is 8.56. The first-order valence-electron chi connectivity index (χ1n) is 9.14. The molecule has 1 heterocycles. The Bertz CT molecular complexity index is 991. The molecule has 3 aromatic rings. The molecule has 0 radical (unpaired) electrons. The lowest BCUT2D eigenvalue weighted by Crippen LogP contribution is -2.34. The van der Waals surface area contributed by atoms with E-state index in [1.54, 1.807) is 43.3 Å². The SMILES string of the molecule is CCN(C)C(=O)Cn1c(Cc2ccccc2)nn(-c2ccc(OC)cc2)c1=O. The monoisotopic (exact) mass is 380 g/mol. The first-order valence-corrected chi connectivity index (χ1v) is 9.14. The third-order valence-electron chi connectivity index (χ3n) is 4.65. The van der Waals surface area contributed by atoms with E-state index in [0.717, 1.165) is 5.56 Å². The van der Waals surface area contributed by atoms with Crippen LogP contribution >= 0.6 is 0 Å². The molecule has 7 nitrogen and oxygen atoms in total. The van der Waals surface area contributed by atoms with E-state index in [9.17, 15) is 9.59 Å². The highest BCUT2D eigenvalue weighted by Gasteiger charge is 2.19. The molecule has 0 aliphatic carbocycles. The van der Waals surface area contributed by atoms with Crippen LogP contribution in [0.5, 0.6) is 5.75 Å². The average molecular weight is 380 g/mol. The fourth-order valence-electron chi connectivity index (χ4n) is 2.83. The third-order valence-corrected chi connectivity index (χ3v) is 4.65. The summed E-state index contributed by atoms with van der Waals surface area (Å²) in [6, 6.07) is 16.8. The van der Waals surface area contributed by atoms with Gasteiger partial charge in [-0.05, 0) is 36.8 Å². The number of hydrogen-bond acceptors (Lipinski definition) is 4. The maximum atomic E-state index is 13.0. The summed E-state index contributed by atoms with van der Waals surface area (Å²) in [5.41, 5.74) is 1.30. The van der Waals surface area contributed by atoms with Gasteiger partial charge in [0.05, 0.1) is 12.8 Å². The van der Waals surface area contributed by atoms with Crippen molar-refractivity contribution in [3.63, 3.8) is 0 Å². The fraction of sp³-hybridized carbons (Fsp3) is 0.286. The first-order chi connectivity index (χ1) is 13.5. The standard InChI is InChI=1S/C21H24N4O3/c1-4-23(2)20(26)15-24-19(14-16-8-6-5-7-9-16)22-25(21(24)27)17-10-12-18(28-3)13-11-17/h5-13H,4,14-15H2,1-3H3. The van der Waals surface area contributed by atoms with Crippen molar-refractivity contribution in [1.82, 2.24) is 19.2 Å². The highest BCUT2D eigenvalue weighted by molar-refractivity contribution is 5.75. The second-order valence-corrected chi connectivity index (χ2v) is 6.47. The predicted molar refractivity (Wildman–Crippen MR) is 107 cm³/mol. The first kappa shape index (κ1) is 19.4. The normalized spacial score (nSPS) is 10.7. The highest BCUT2D eigenvalue weighted by Crippen LogP contribution is 2.14. The van der Waals surface area contributed by atoms with Crippen molar-refractivity contribution in [3.8, 4) is 11.4 Å². The van der Waals surface area contributed by atoms with Crippen molar-refractivity contribution in [3.05, 3.63) is 76.5 Å². The van der Waals surface area contributed by atoms with Gasteiger partial charge in [0.2, 0.25) is 5.91 Å². The van der Waals surface area contributed by atoms with Gasteiger partial charge in [-0.25, -0.2) is 4.79 Å². The number of hydrogen-bond donors (Lipinski definition) is 0. The number of carbonyl (C=O) groups is 1. The molecule has 1 amide bonds. The van der Waals surface area contributed by atoms with Gasteiger partial charge in [0, 0.05) is 20.0 Å². The van der Waals surface area contributed by atoms with E-state index in [4.69, 9.17) is 4.74 Å². The Morgan fingerprint density at radius 3 is 2.39 bits per heavy atom. The van der Waals surface area contributed by atoms with Gasteiger partial charge >= 0.3 is 5.69 Å². The molecule has 0 atom stereocenters. The molecule has 2 aromatic carbocycles. The Labute approximate surface area is 163 Å². The largest absolute Gasteiger partial charge is 0.497 e. The zero-order chi connectivity index (χ0) is 20.1. The second-order valence-electron chi connectivity index (χ2n) is 6.47. The van der Waals surface area contributed by atoms with Crippen LogP contribution in [0, 0.1) is 0 Å². The van der Waals surface area contributed by atoms with Gasteiger partial charge in [-0.15, -0.1) is 5.10 Å². The average Bonchev–Trinajstić information content (AvgIpc) is 3.03. The van der Waals surface area contributed by atoms with Crippen LogP contribution in [0.1, 0.15) is 18.3 Å². The minimum absolute atomic E-state index is 0.0402. The lowest BCUT2D eigenvalue weighted by molar-refractivity contribution is -0.130. The Morgan fingerprint density at radius 2 is 1.79 bits per heavy atom. The van der Waals surface area contributed by atoms with Crippen LogP contribution < -0.4 is 10.4 Å². The molecule has 0 unspecified atom stereocenters. The zero-order valence-corrected chi connectivity index (χ0v) is 16.3. The van der Waals surface area contributed by atoms with Crippen LogP contribution in [-0.2, 0) is 17.8 Å². The van der Waals surface area contributed by atoms with E-state index < -0.39 is 0 Å². The molecule has 0 saturated carbocycles. The molecule has 3 rings (SSSR count). The van der Waals surface area contributed by atoms with Gasteiger partial charge in [0.15, 0.2) is 0 Å². The maximum absolute atomic E-state index is 13.0. The minimum atomic E-state index is -0.339. The van der Waals surface area contributed by atoms with E-state index in [2.05, 4.69) is 5.10 Å². The van der Waals surface area contributed by atoms with Crippen molar-refractivity contribution in [2.24, 2.45) is 0 Å². The third kappa shape index (κ3) is 4.14. The van der Waals surface area contributed by atoms with E-state index >= 15 is 0 Å². The molecule has 146 valence electrons. The van der Waals surface area contributed by atoms with Crippen LogP contribution in [0.25, 0.3) is 5.69 Å². The maximum Gasteiger partial charge on any atom is 0.351 e. The zero-order valence-electron chi connectivity index (χ0n) is 16.3. The van der Waals surface area contributed by atoms with Gasteiger partial charge < -0.3 is 9.64 Å². The van der Waals surface area contributed by atoms with Crippen LogP contribution in [0.4, 0.5) is 0 Å². The summed E-state index contributed by atoms with van der Waals surface area (Å²) in [6.07, 6.45) is 0.461. The number of nitrogens with zero attached hydrogens (tertiary/aromatic N) is 4. The molecule has 0 saturated heterocycles. The summed E-state index contributed by atoms with van der Waals surface area (Å²) in [4.78, 5) is 27.1. The van der Waals surface area contributed by atoms with Crippen molar-refractivity contribution >= 4 is 5.91 Å². The molecule has 0 fully saturated rings. The Balaban J connectivity index is 2.02. The number of amides is 1. The highest BCUT2D eigenvalue weighted by atomic mass is 16.5.